The Morgan fingerprint density at radius 2 is 2.19 bits per heavy atom. The van der Waals surface area contributed by atoms with Crippen LogP contribution < -0.4 is 0 Å². The van der Waals surface area contributed by atoms with Gasteiger partial charge in [-0.3, -0.25) is 19.7 Å². The molecule has 0 aromatic heterocycles. The number of aryl methyl sites for hydroxylation is 1. The number of thioether (sulfide) groups is 1. The molecule has 2 saturated heterocycles. The molecule has 3 rings (SSSR count). The molecule has 1 amide bonds. The number of fused-ring (bicyclic) bond motifs is 1. The molecule has 9 heteroatoms. The van der Waals surface area contributed by atoms with Gasteiger partial charge in [0.2, 0.25) is 11.7 Å². The number of hydrogen-bond acceptors (Lipinski definition) is 7. The summed E-state index contributed by atoms with van der Waals surface area (Å²) < 4.78 is 5.11. The Morgan fingerprint density at radius 1 is 1.46 bits per heavy atom. The number of ether oxygens (including phenoxy) is 1. The van der Waals surface area contributed by atoms with Crippen LogP contribution in [0.15, 0.2) is 18.2 Å². The predicted molar refractivity (Wildman–Crippen MR) is 93.9 cm³/mol. The molecule has 2 fully saturated rings. The fourth-order valence-electron chi connectivity index (χ4n) is 3.29. The van der Waals surface area contributed by atoms with Crippen LogP contribution in [0, 0.1) is 17.0 Å². The number of amides is 1. The van der Waals surface area contributed by atoms with Gasteiger partial charge in [-0.2, -0.15) is 0 Å². The predicted octanol–water partition coefficient (Wildman–Crippen LogP) is 2.08. The largest absolute Gasteiger partial charge is 0.456 e. The Morgan fingerprint density at radius 3 is 2.88 bits per heavy atom. The molecule has 0 bridgehead atoms. The summed E-state index contributed by atoms with van der Waals surface area (Å²) in [4.78, 5) is 48.2. The number of esters is 1. The smallest absolute Gasteiger partial charge is 0.330 e. The molecule has 2 heterocycles. The topological polar surface area (TPSA) is 107 Å². The quantitative estimate of drug-likeness (QED) is 0.334. The van der Waals surface area contributed by atoms with Crippen LogP contribution in [0.4, 0.5) is 5.69 Å². The van der Waals surface area contributed by atoms with E-state index in [2.05, 4.69) is 0 Å². The van der Waals surface area contributed by atoms with Crippen LogP contribution in [0.3, 0.4) is 0 Å². The van der Waals surface area contributed by atoms with Crippen molar-refractivity contribution < 1.29 is 24.0 Å². The van der Waals surface area contributed by atoms with Crippen LogP contribution in [0.1, 0.15) is 35.7 Å². The number of carbonyl (C=O) groups is 3. The summed E-state index contributed by atoms with van der Waals surface area (Å²) in [5.74, 6) is -0.792. The van der Waals surface area contributed by atoms with E-state index in [4.69, 9.17) is 4.74 Å². The Labute approximate surface area is 154 Å². The van der Waals surface area contributed by atoms with Gasteiger partial charge in [0.1, 0.15) is 6.04 Å². The molecule has 0 radical (unpaired) electrons. The lowest BCUT2D eigenvalue weighted by Gasteiger charge is -2.29. The normalized spacial score (nSPS) is 24.5. The zero-order chi connectivity index (χ0) is 19.1. The number of Topliss-reactive ketones (excluding diaryl/α,β-unsaturated/α-hetero) is 1. The van der Waals surface area contributed by atoms with Gasteiger partial charge in [-0.05, 0) is 20.3 Å². The Kier molecular flexibility index (Phi) is 4.74. The zero-order valence-corrected chi connectivity index (χ0v) is 15.2. The molecule has 0 aliphatic carbocycles. The highest BCUT2D eigenvalue weighted by Crippen LogP contribution is 2.47. The van der Waals surface area contributed by atoms with Gasteiger partial charge in [-0.15, -0.1) is 11.8 Å². The van der Waals surface area contributed by atoms with E-state index in [-0.39, 0.29) is 22.0 Å². The van der Waals surface area contributed by atoms with E-state index >= 15 is 0 Å². The molecule has 0 spiro atoms. The van der Waals surface area contributed by atoms with Crippen LogP contribution in [0.25, 0.3) is 0 Å². The minimum atomic E-state index is -0.694. The lowest BCUT2D eigenvalue weighted by Crippen LogP contribution is -2.46. The maximum Gasteiger partial charge on any atom is 0.330 e. The van der Waals surface area contributed by atoms with Gasteiger partial charge in [-0.25, -0.2) is 4.79 Å². The van der Waals surface area contributed by atoms with Gasteiger partial charge in [0, 0.05) is 29.4 Å². The fourth-order valence-corrected chi connectivity index (χ4v) is 4.71. The highest BCUT2D eigenvalue weighted by molar-refractivity contribution is 8.01. The third kappa shape index (κ3) is 3.18. The molecule has 0 N–H and O–H groups in total. The van der Waals surface area contributed by atoms with Crippen molar-refractivity contribution in [1.82, 2.24) is 4.90 Å². The first-order chi connectivity index (χ1) is 12.2. The second-order valence-electron chi connectivity index (χ2n) is 6.55. The first-order valence-corrected chi connectivity index (χ1v) is 9.12. The summed E-state index contributed by atoms with van der Waals surface area (Å²) in [6.45, 7) is 2.99. The summed E-state index contributed by atoms with van der Waals surface area (Å²) >= 11 is 1.54. The van der Waals surface area contributed by atoms with Crippen molar-refractivity contribution in [2.75, 3.05) is 12.4 Å². The molecule has 26 heavy (non-hydrogen) atoms. The third-order valence-corrected chi connectivity index (χ3v) is 6.30. The van der Waals surface area contributed by atoms with Crippen molar-refractivity contribution in [2.24, 2.45) is 0 Å². The van der Waals surface area contributed by atoms with Crippen LogP contribution in [-0.2, 0) is 14.3 Å². The highest BCUT2D eigenvalue weighted by atomic mass is 32.2. The molecular formula is C17H18N2O6S. The van der Waals surface area contributed by atoms with Gasteiger partial charge in [0.15, 0.2) is 6.61 Å². The molecule has 1 aromatic carbocycles. The molecular weight excluding hydrogens is 360 g/mol. The van der Waals surface area contributed by atoms with E-state index < -0.39 is 29.3 Å². The molecule has 8 nitrogen and oxygen atoms in total. The van der Waals surface area contributed by atoms with Gasteiger partial charge < -0.3 is 9.64 Å². The maximum absolute atomic E-state index is 12.4. The van der Waals surface area contributed by atoms with E-state index in [9.17, 15) is 24.5 Å². The third-order valence-electron chi connectivity index (χ3n) is 4.79. The molecule has 0 unspecified atom stereocenters. The first-order valence-electron chi connectivity index (χ1n) is 8.14. The van der Waals surface area contributed by atoms with E-state index in [0.717, 1.165) is 0 Å². The van der Waals surface area contributed by atoms with E-state index in [1.807, 2.05) is 6.92 Å². The van der Waals surface area contributed by atoms with Gasteiger partial charge in [-0.1, -0.05) is 12.1 Å². The number of nitro groups is 1. The lowest BCUT2D eigenvalue weighted by atomic mass is 10.1. The Hall–Kier alpha value is -2.42. The zero-order valence-electron chi connectivity index (χ0n) is 14.4. The number of benzene rings is 1. The summed E-state index contributed by atoms with van der Waals surface area (Å²) in [6.07, 6.45) is 1.09. The van der Waals surface area contributed by atoms with Gasteiger partial charge >= 0.3 is 5.97 Å². The van der Waals surface area contributed by atoms with E-state index in [1.54, 1.807) is 11.8 Å². The Balaban J connectivity index is 1.65. The maximum atomic E-state index is 12.4. The fraction of sp³-hybridized carbons (Fsp3) is 0.471. The average Bonchev–Trinajstić information content (AvgIpc) is 3.09. The molecule has 2 aliphatic rings. The van der Waals surface area contributed by atoms with E-state index in [1.165, 1.54) is 30.0 Å². The van der Waals surface area contributed by atoms with Crippen molar-refractivity contribution in [3.8, 4) is 0 Å². The number of nitro benzene ring substituents is 1. The number of hydrogen-bond donors (Lipinski definition) is 0. The molecule has 0 saturated carbocycles. The summed E-state index contributed by atoms with van der Waals surface area (Å²) in [5.41, 5.74) is 0.393. The van der Waals surface area contributed by atoms with Crippen molar-refractivity contribution in [3.63, 3.8) is 0 Å². The standard InChI is InChI=1S/C17H18N2O6S/c1-10-3-4-11(7-12(10)19(23)24)14(20)8-25-16(22)13-9-26-17(2)6-5-15(21)18(13)17/h3-4,7,13H,5-6,8-9H2,1-2H3/t13-,17+/m0/s1. The number of nitrogens with zero attached hydrogens (tertiary/aromatic N) is 2. The Bertz CT molecular complexity index is 810. The molecule has 2 atom stereocenters. The SMILES string of the molecule is Cc1ccc(C(=O)COC(=O)[C@@H]2CS[C@]3(C)CCC(=O)N23)cc1[N+](=O)[O-]. The van der Waals surface area contributed by atoms with Crippen molar-refractivity contribution >= 4 is 35.1 Å². The first kappa shape index (κ1) is 18.4. The molecule has 1 aromatic rings. The minimum Gasteiger partial charge on any atom is -0.456 e. The van der Waals surface area contributed by atoms with Crippen LogP contribution in [0.2, 0.25) is 0 Å². The van der Waals surface area contributed by atoms with Crippen molar-refractivity contribution in [2.45, 2.75) is 37.6 Å². The monoisotopic (exact) mass is 378 g/mol. The summed E-state index contributed by atoms with van der Waals surface area (Å²) in [5, 5.41) is 11.0. The van der Waals surface area contributed by atoms with Crippen molar-refractivity contribution in [1.29, 1.82) is 0 Å². The minimum absolute atomic E-state index is 0.0834. The van der Waals surface area contributed by atoms with Crippen LogP contribution >= 0.6 is 11.8 Å². The second-order valence-corrected chi connectivity index (χ2v) is 8.06. The van der Waals surface area contributed by atoms with Crippen LogP contribution in [-0.4, -0.2) is 50.8 Å². The van der Waals surface area contributed by atoms with Crippen LogP contribution in [0.5, 0.6) is 0 Å². The number of ketones is 1. The summed E-state index contributed by atoms with van der Waals surface area (Å²) in [6, 6.07) is 3.43. The second kappa shape index (κ2) is 6.71. The van der Waals surface area contributed by atoms with Gasteiger partial charge in [0.25, 0.3) is 5.69 Å². The van der Waals surface area contributed by atoms with E-state index in [0.29, 0.717) is 24.2 Å². The summed E-state index contributed by atoms with van der Waals surface area (Å²) in [7, 11) is 0. The number of carbonyl (C=O) groups excluding carboxylic acids is 3. The van der Waals surface area contributed by atoms with Crippen molar-refractivity contribution in [3.05, 3.63) is 39.4 Å². The van der Waals surface area contributed by atoms with Gasteiger partial charge in [0.05, 0.1) is 9.79 Å². The highest BCUT2D eigenvalue weighted by Gasteiger charge is 2.53. The average molecular weight is 378 g/mol. The molecule has 138 valence electrons. The lowest BCUT2D eigenvalue weighted by molar-refractivity contribution is -0.385. The number of rotatable bonds is 5. The molecule has 2 aliphatic heterocycles.